The van der Waals surface area contributed by atoms with Gasteiger partial charge in [0.1, 0.15) is 6.10 Å². The molecule has 94 valence electrons. The summed E-state index contributed by atoms with van der Waals surface area (Å²) in [5, 5.41) is 0. The Labute approximate surface area is 100 Å². The normalized spacial score (nSPS) is 17.5. The molecule has 0 atom stereocenters. The first-order chi connectivity index (χ1) is 8.31. The van der Waals surface area contributed by atoms with Gasteiger partial charge in [0.05, 0.1) is 13.4 Å². The number of hydrogen-bond donors (Lipinski definition) is 1. The van der Waals surface area contributed by atoms with Gasteiger partial charge in [0.15, 0.2) is 0 Å². The van der Waals surface area contributed by atoms with E-state index in [4.69, 9.17) is 9.47 Å². The van der Waals surface area contributed by atoms with Crippen molar-refractivity contribution in [3.63, 3.8) is 0 Å². The van der Waals surface area contributed by atoms with E-state index < -0.39 is 0 Å². The number of hydrogen-bond acceptors (Lipinski definition) is 4. The highest BCUT2D eigenvalue weighted by Gasteiger charge is 2.18. The Morgan fingerprint density at radius 3 is 2.65 bits per heavy atom. The maximum atomic E-state index is 11.5. The quantitative estimate of drug-likeness (QED) is 0.816. The van der Waals surface area contributed by atoms with Crippen LogP contribution in [0.5, 0.6) is 11.6 Å². The molecule has 1 heterocycles. The molecule has 0 aliphatic heterocycles. The standard InChI is InChI=1S/C12H18N2O3/c1-16-10-11(15)13-8-14-12(10)17-9-6-4-2-3-5-7-9/h8-9H,2-7H2,1H3,(H,13,14,15). The Morgan fingerprint density at radius 2 is 2.00 bits per heavy atom. The number of methoxy groups -OCH3 is 1. The van der Waals surface area contributed by atoms with Gasteiger partial charge in [-0.2, -0.15) is 0 Å². The van der Waals surface area contributed by atoms with Crippen molar-refractivity contribution in [2.24, 2.45) is 0 Å². The molecule has 0 saturated heterocycles. The Morgan fingerprint density at radius 1 is 1.29 bits per heavy atom. The van der Waals surface area contributed by atoms with E-state index in [1.807, 2.05) is 0 Å². The Bertz CT molecular complexity index is 408. The molecule has 1 aliphatic carbocycles. The summed E-state index contributed by atoms with van der Waals surface area (Å²) in [5.74, 6) is 0.472. The molecule has 1 saturated carbocycles. The van der Waals surface area contributed by atoms with Crippen molar-refractivity contribution in [1.82, 2.24) is 9.97 Å². The van der Waals surface area contributed by atoms with Crippen molar-refractivity contribution >= 4 is 0 Å². The molecule has 0 amide bonds. The molecule has 2 rings (SSSR count). The molecule has 1 fully saturated rings. The van der Waals surface area contributed by atoms with E-state index in [2.05, 4.69) is 9.97 Å². The molecule has 1 aromatic heterocycles. The summed E-state index contributed by atoms with van der Waals surface area (Å²) in [7, 11) is 1.45. The molecule has 5 nitrogen and oxygen atoms in total. The number of ether oxygens (including phenoxy) is 2. The molecule has 0 spiro atoms. The molecule has 5 heteroatoms. The molecule has 1 aromatic rings. The second kappa shape index (κ2) is 5.70. The fraction of sp³-hybridized carbons (Fsp3) is 0.667. The Balaban J connectivity index is 2.11. The lowest BCUT2D eigenvalue weighted by molar-refractivity contribution is 0.167. The van der Waals surface area contributed by atoms with Gasteiger partial charge in [0.2, 0.25) is 5.75 Å². The maximum Gasteiger partial charge on any atom is 0.297 e. The number of rotatable bonds is 3. The average molecular weight is 238 g/mol. The van der Waals surface area contributed by atoms with Gasteiger partial charge in [0, 0.05) is 0 Å². The largest absolute Gasteiger partial charge is 0.487 e. The van der Waals surface area contributed by atoms with Crippen LogP contribution in [-0.2, 0) is 0 Å². The first kappa shape index (κ1) is 12.0. The van der Waals surface area contributed by atoms with Crippen LogP contribution < -0.4 is 15.0 Å². The van der Waals surface area contributed by atoms with E-state index in [0.29, 0.717) is 5.88 Å². The smallest absolute Gasteiger partial charge is 0.297 e. The summed E-state index contributed by atoms with van der Waals surface area (Å²) in [6, 6.07) is 0. The monoisotopic (exact) mass is 238 g/mol. The number of H-pyrrole nitrogens is 1. The number of nitrogens with one attached hydrogen (secondary N) is 1. The van der Waals surface area contributed by atoms with E-state index in [9.17, 15) is 4.79 Å². The first-order valence-electron chi connectivity index (χ1n) is 6.09. The molecule has 0 bridgehead atoms. The van der Waals surface area contributed by atoms with Crippen LogP contribution >= 0.6 is 0 Å². The van der Waals surface area contributed by atoms with Crippen LogP contribution in [0.1, 0.15) is 38.5 Å². The summed E-state index contributed by atoms with van der Waals surface area (Å²) < 4.78 is 10.8. The fourth-order valence-corrected chi connectivity index (χ4v) is 2.15. The van der Waals surface area contributed by atoms with E-state index in [0.717, 1.165) is 12.8 Å². The Hall–Kier alpha value is -1.52. The number of nitrogens with zero attached hydrogens (tertiary/aromatic N) is 1. The third-order valence-electron chi connectivity index (χ3n) is 3.06. The van der Waals surface area contributed by atoms with E-state index >= 15 is 0 Å². The molecular weight excluding hydrogens is 220 g/mol. The highest BCUT2D eigenvalue weighted by atomic mass is 16.5. The minimum absolute atomic E-state index is 0.153. The lowest BCUT2D eigenvalue weighted by Gasteiger charge is -2.16. The van der Waals surface area contributed by atoms with Gasteiger partial charge in [-0.1, -0.05) is 12.8 Å². The van der Waals surface area contributed by atoms with Crippen LogP contribution in [0, 0.1) is 0 Å². The fourth-order valence-electron chi connectivity index (χ4n) is 2.15. The summed E-state index contributed by atoms with van der Waals surface area (Å²) in [4.78, 5) is 18.0. The summed E-state index contributed by atoms with van der Waals surface area (Å²) in [5.41, 5.74) is -0.300. The molecule has 0 unspecified atom stereocenters. The van der Waals surface area contributed by atoms with Crippen molar-refractivity contribution in [3.8, 4) is 11.6 Å². The summed E-state index contributed by atoms with van der Waals surface area (Å²) in [6.07, 6.45) is 8.43. The lowest BCUT2D eigenvalue weighted by Crippen LogP contribution is -2.19. The minimum atomic E-state index is -0.300. The first-order valence-corrected chi connectivity index (χ1v) is 6.09. The summed E-state index contributed by atoms with van der Waals surface area (Å²) in [6.45, 7) is 0. The van der Waals surface area contributed by atoms with Crippen LogP contribution in [-0.4, -0.2) is 23.2 Å². The van der Waals surface area contributed by atoms with Gasteiger partial charge >= 0.3 is 0 Å². The molecule has 17 heavy (non-hydrogen) atoms. The van der Waals surface area contributed by atoms with Crippen LogP contribution in [0.2, 0.25) is 0 Å². The third-order valence-corrected chi connectivity index (χ3v) is 3.06. The van der Waals surface area contributed by atoms with Gasteiger partial charge in [-0.3, -0.25) is 4.79 Å². The van der Waals surface area contributed by atoms with Gasteiger partial charge in [0.25, 0.3) is 11.4 Å². The molecule has 0 radical (unpaired) electrons. The van der Waals surface area contributed by atoms with E-state index in [-0.39, 0.29) is 17.4 Å². The van der Waals surface area contributed by atoms with Crippen molar-refractivity contribution in [2.75, 3.05) is 7.11 Å². The van der Waals surface area contributed by atoms with Crippen molar-refractivity contribution in [3.05, 3.63) is 16.7 Å². The average Bonchev–Trinajstić information content (AvgIpc) is 2.58. The van der Waals surface area contributed by atoms with E-state index in [1.165, 1.54) is 39.1 Å². The van der Waals surface area contributed by atoms with Crippen molar-refractivity contribution < 1.29 is 9.47 Å². The second-order valence-electron chi connectivity index (χ2n) is 4.30. The highest BCUT2D eigenvalue weighted by Crippen LogP contribution is 2.25. The number of aromatic nitrogens is 2. The third kappa shape index (κ3) is 2.99. The zero-order valence-corrected chi connectivity index (χ0v) is 10.1. The molecule has 0 aromatic carbocycles. The molecule has 1 aliphatic rings. The van der Waals surface area contributed by atoms with Gasteiger partial charge in [-0.15, -0.1) is 0 Å². The van der Waals surface area contributed by atoms with Gasteiger partial charge in [-0.25, -0.2) is 4.98 Å². The van der Waals surface area contributed by atoms with Crippen LogP contribution in [0.4, 0.5) is 0 Å². The SMILES string of the molecule is COc1c(OC2CCCCCC2)nc[nH]c1=O. The van der Waals surface area contributed by atoms with Crippen molar-refractivity contribution in [2.45, 2.75) is 44.6 Å². The zero-order chi connectivity index (χ0) is 12.1. The minimum Gasteiger partial charge on any atom is -0.487 e. The van der Waals surface area contributed by atoms with Gasteiger partial charge in [-0.05, 0) is 25.7 Å². The van der Waals surface area contributed by atoms with Crippen LogP contribution in [0.25, 0.3) is 0 Å². The maximum absolute atomic E-state index is 11.5. The van der Waals surface area contributed by atoms with Crippen LogP contribution in [0.15, 0.2) is 11.1 Å². The molecule has 1 N–H and O–H groups in total. The predicted molar refractivity (Wildman–Crippen MR) is 63.5 cm³/mol. The van der Waals surface area contributed by atoms with Gasteiger partial charge < -0.3 is 14.5 Å². The summed E-state index contributed by atoms with van der Waals surface area (Å²) >= 11 is 0. The van der Waals surface area contributed by atoms with Crippen molar-refractivity contribution in [1.29, 1.82) is 0 Å². The second-order valence-corrected chi connectivity index (χ2v) is 4.30. The Kier molecular flexibility index (Phi) is 4.01. The number of aromatic amines is 1. The topological polar surface area (TPSA) is 64.2 Å². The zero-order valence-electron chi connectivity index (χ0n) is 10.1. The lowest BCUT2D eigenvalue weighted by atomic mass is 10.1. The predicted octanol–water partition coefficient (Wildman–Crippen LogP) is 1.88. The molecular formula is C12H18N2O3. The van der Waals surface area contributed by atoms with Crippen LogP contribution in [0.3, 0.4) is 0 Å². The van der Waals surface area contributed by atoms with E-state index in [1.54, 1.807) is 0 Å². The highest BCUT2D eigenvalue weighted by molar-refractivity contribution is 5.29.